The summed E-state index contributed by atoms with van der Waals surface area (Å²) in [4.78, 5) is 28.9. The molecule has 4 rings (SSSR count). The smallest absolute Gasteiger partial charge is 0.342 e. The van der Waals surface area contributed by atoms with E-state index in [1.807, 2.05) is 10.00 Å². The molecule has 1 saturated carbocycles. The summed E-state index contributed by atoms with van der Waals surface area (Å²) in [6.07, 6.45) is -0.0356. The van der Waals surface area contributed by atoms with Gasteiger partial charge >= 0.3 is 6.18 Å². The second kappa shape index (κ2) is 5.99. The summed E-state index contributed by atoms with van der Waals surface area (Å²) in [5.74, 6) is 0.155. The largest absolute Gasteiger partial charge is 0.432 e. The van der Waals surface area contributed by atoms with Gasteiger partial charge in [-0.2, -0.15) is 18.3 Å². The Morgan fingerprint density at radius 1 is 1.31 bits per heavy atom. The van der Waals surface area contributed by atoms with Crippen LogP contribution in [0.1, 0.15) is 48.3 Å². The molecule has 1 N–H and O–H groups in total. The van der Waals surface area contributed by atoms with E-state index >= 15 is 0 Å². The van der Waals surface area contributed by atoms with E-state index in [1.165, 1.54) is 17.7 Å². The fourth-order valence-corrected chi connectivity index (χ4v) is 4.10. The van der Waals surface area contributed by atoms with Crippen LogP contribution < -0.4 is 0 Å². The van der Waals surface area contributed by atoms with Gasteiger partial charge in [-0.3, -0.25) is 14.7 Å². The number of aromatic amines is 1. The van der Waals surface area contributed by atoms with E-state index in [2.05, 4.69) is 5.10 Å². The van der Waals surface area contributed by atoms with Crippen LogP contribution in [0.25, 0.3) is 0 Å². The Morgan fingerprint density at radius 2 is 2.08 bits per heavy atom. The van der Waals surface area contributed by atoms with Gasteiger partial charge in [0, 0.05) is 32.2 Å². The molecule has 0 aromatic carbocycles. The fraction of sp³-hybridized carbons (Fsp3) is 0.706. The lowest BCUT2D eigenvalue weighted by Crippen LogP contribution is -2.51. The van der Waals surface area contributed by atoms with Gasteiger partial charge in [0.1, 0.15) is 5.69 Å². The summed E-state index contributed by atoms with van der Waals surface area (Å²) in [7, 11) is 0. The number of likely N-dealkylation sites (tertiary alicyclic amines) is 2. The Balaban J connectivity index is 1.46. The summed E-state index contributed by atoms with van der Waals surface area (Å²) < 4.78 is 38.1. The average molecular weight is 370 g/mol. The monoisotopic (exact) mass is 370 g/mol. The van der Waals surface area contributed by atoms with Gasteiger partial charge in [0.05, 0.1) is 5.41 Å². The third kappa shape index (κ3) is 3.07. The second-order valence-corrected chi connectivity index (χ2v) is 7.72. The maximum absolute atomic E-state index is 13.0. The number of hydrogen-bond donors (Lipinski definition) is 1. The summed E-state index contributed by atoms with van der Waals surface area (Å²) in [5.41, 5.74) is -1.88. The van der Waals surface area contributed by atoms with Crippen LogP contribution in [0.4, 0.5) is 13.2 Å². The van der Waals surface area contributed by atoms with E-state index in [9.17, 15) is 22.8 Å². The number of amides is 2. The number of nitrogens with one attached hydrogen (secondary N) is 1. The number of carbonyl (C=O) groups excluding carboxylic acids is 2. The molecule has 6 nitrogen and oxygen atoms in total. The maximum Gasteiger partial charge on any atom is 0.432 e. The molecule has 3 heterocycles. The predicted molar refractivity (Wildman–Crippen MR) is 85.1 cm³/mol. The van der Waals surface area contributed by atoms with Crippen molar-refractivity contribution in [3.63, 3.8) is 0 Å². The normalized spacial score (nSPS) is 26.8. The van der Waals surface area contributed by atoms with E-state index in [1.54, 1.807) is 0 Å². The zero-order valence-electron chi connectivity index (χ0n) is 14.3. The highest BCUT2D eigenvalue weighted by Gasteiger charge is 2.50. The number of aromatic nitrogens is 2. The van der Waals surface area contributed by atoms with Gasteiger partial charge in [-0.15, -0.1) is 0 Å². The molecule has 26 heavy (non-hydrogen) atoms. The quantitative estimate of drug-likeness (QED) is 0.888. The highest BCUT2D eigenvalue weighted by molar-refractivity contribution is 5.94. The van der Waals surface area contributed by atoms with Crippen LogP contribution in [0, 0.1) is 11.3 Å². The SMILES string of the molecule is O=C(c1cc(C(F)(F)F)[nH]n1)N1CC[C@]2(CCCN(CC3CC3)C2=O)C1. The molecule has 2 saturated heterocycles. The number of H-pyrrole nitrogens is 1. The van der Waals surface area contributed by atoms with E-state index in [0.29, 0.717) is 18.9 Å². The summed E-state index contributed by atoms with van der Waals surface area (Å²) >= 11 is 0. The van der Waals surface area contributed by atoms with Crippen molar-refractivity contribution in [1.29, 1.82) is 0 Å². The molecule has 9 heteroatoms. The van der Waals surface area contributed by atoms with Gasteiger partial charge in [0.15, 0.2) is 5.69 Å². The van der Waals surface area contributed by atoms with Gasteiger partial charge in [-0.25, -0.2) is 0 Å². The topological polar surface area (TPSA) is 69.3 Å². The first-order valence-electron chi connectivity index (χ1n) is 9.00. The van der Waals surface area contributed by atoms with Crippen LogP contribution in [0.2, 0.25) is 0 Å². The number of carbonyl (C=O) groups is 2. The summed E-state index contributed by atoms with van der Waals surface area (Å²) in [6.45, 7) is 2.19. The number of hydrogen-bond acceptors (Lipinski definition) is 3. The van der Waals surface area contributed by atoms with Gasteiger partial charge in [-0.1, -0.05) is 0 Å². The second-order valence-electron chi connectivity index (χ2n) is 7.72. The first-order chi connectivity index (χ1) is 12.3. The zero-order valence-corrected chi connectivity index (χ0v) is 14.3. The number of piperidine rings is 1. The van der Waals surface area contributed by atoms with E-state index in [-0.39, 0.29) is 18.1 Å². The molecule has 2 amide bonds. The van der Waals surface area contributed by atoms with Crippen LogP contribution in [-0.4, -0.2) is 58.0 Å². The van der Waals surface area contributed by atoms with Gasteiger partial charge in [0.25, 0.3) is 5.91 Å². The van der Waals surface area contributed by atoms with Crippen LogP contribution in [0.3, 0.4) is 0 Å². The molecular formula is C17H21F3N4O2. The Kier molecular flexibility index (Phi) is 4.00. The molecular weight excluding hydrogens is 349 g/mol. The Hall–Kier alpha value is -2.06. The molecule has 1 aromatic rings. The average Bonchev–Trinajstić information content (AvgIpc) is 3.10. The first-order valence-corrected chi connectivity index (χ1v) is 9.00. The van der Waals surface area contributed by atoms with Crippen molar-refractivity contribution in [2.75, 3.05) is 26.2 Å². The minimum Gasteiger partial charge on any atom is -0.342 e. The van der Waals surface area contributed by atoms with Crippen molar-refractivity contribution >= 4 is 11.8 Å². The molecule has 1 aliphatic carbocycles. The van der Waals surface area contributed by atoms with Crippen LogP contribution >= 0.6 is 0 Å². The molecule has 142 valence electrons. The summed E-state index contributed by atoms with van der Waals surface area (Å²) in [5, 5.41) is 5.38. The molecule has 0 bridgehead atoms. The van der Waals surface area contributed by atoms with Crippen LogP contribution in [0.5, 0.6) is 0 Å². The van der Waals surface area contributed by atoms with Gasteiger partial charge < -0.3 is 9.80 Å². The Morgan fingerprint density at radius 3 is 2.73 bits per heavy atom. The molecule has 1 spiro atoms. The molecule has 2 aliphatic heterocycles. The highest BCUT2D eigenvalue weighted by atomic mass is 19.4. The van der Waals surface area contributed by atoms with Crippen molar-refractivity contribution in [3.05, 3.63) is 17.5 Å². The Labute approximate surface area is 148 Å². The molecule has 0 unspecified atom stereocenters. The van der Waals surface area contributed by atoms with Crippen LogP contribution in [-0.2, 0) is 11.0 Å². The van der Waals surface area contributed by atoms with Crippen molar-refractivity contribution < 1.29 is 22.8 Å². The lowest BCUT2D eigenvalue weighted by atomic mass is 9.78. The molecule has 1 aromatic heterocycles. The van der Waals surface area contributed by atoms with Crippen LogP contribution in [0.15, 0.2) is 6.07 Å². The van der Waals surface area contributed by atoms with Crippen molar-refractivity contribution in [3.8, 4) is 0 Å². The predicted octanol–water partition coefficient (Wildman–Crippen LogP) is 2.29. The van der Waals surface area contributed by atoms with Crippen molar-refractivity contribution in [1.82, 2.24) is 20.0 Å². The van der Waals surface area contributed by atoms with Gasteiger partial charge in [0.2, 0.25) is 5.91 Å². The molecule has 3 fully saturated rings. The lowest BCUT2D eigenvalue weighted by molar-refractivity contribution is -0.145. The zero-order chi connectivity index (χ0) is 18.5. The lowest BCUT2D eigenvalue weighted by Gasteiger charge is -2.39. The number of halogens is 3. The first kappa shape index (κ1) is 17.4. The number of nitrogens with zero attached hydrogens (tertiary/aromatic N) is 3. The van der Waals surface area contributed by atoms with E-state index < -0.39 is 23.2 Å². The minimum atomic E-state index is -4.57. The Bertz CT molecular complexity index is 728. The molecule has 1 atom stereocenters. The van der Waals surface area contributed by atoms with Gasteiger partial charge in [-0.05, 0) is 38.0 Å². The fourth-order valence-electron chi connectivity index (χ4n) is 4.10. The van der Waals surface area contributed by atoms with Crippen molar-refractivity contribution in [2.45, 2.75) is 38.3 Å². The minimum absolute atomic E-state index is 0.101. The number of alkyl halides is 3. The standard InChI is InChI=1S/C17H21F3N4O2/c18-17(19,20)13-8-12(21-22-13)14(25)24-7-5-16(10-24)4-1-6-23(15(16)26)9-11-2-3-11/h8,11H,1-7,9-10H2,(H,21,22)/t16-/m1/s1. The molecule has 3 aliphatic rings. The molecule has 0 radical (unpaired) electrons. The van der Waals surface area contributed by atoms with E-state index in [4.69, 9.17) is 0 Å². The summed E-state index contributed by atoms with van der Waals surface area (Å²) in [6, 6.07) is 0.732. The number of rotatable bonds is 3. The highest BCUT2D eigenvalue weighted by Crippen LogP contribution is 2.42. The van der Waals surface area contributed by atoms with Crippen molar-refractivity contribution in [2.24, 2.45) is 11.3 Å². The third-order valence-electron chi connectivity index (χ3n) is 5.74. The van der Waals surface area contributed by atoms with E-state index in [0.717, 1.165) is 32.0 Å². The third-order valence-corrected chi connectivity index (χ3v) is 5.74. The maximum atomic E-state index is 13.0.